The number of aryl methyl sites for hydroxylation is 2. The number of aromatic nitrogens is 2. The SMILES string of the molecule is [C-]1=Cc2ccccc2C1n1c2c(c3ccccc31)CCC2.[C-]1=Cc2ccccc2C1n1c2c(c3ccccc31)CCC2.[Cl-].[Cl-].[Zr+4]. The van der Waals surface area contributed by atoms with Crippen LogP contribution in [0, 0.1) is 12.2 Å². The second-order valence-corrected chi connectivity index (χ2v) is 12.0. The molecule has 2 unspecified atom stereocenters. The number of halogens is 2. The van der Waals surface area contributed by atoms with Gasteiger partial charge in [-0.2, -0.15) is 11.1 Å². The molecule has 0 saturated carbocycles. The van der Waals surface area contributed by atoms with Crippen molar-refractivity contribution in [2.75, 3.05) is 0 Å². The first-order valence-electron chi connectivity index (χ1n) is 15.4. The zero-order valence-corrected chi connectivity index (χ0v) is 28.9. The fourth-order valence-electron chi connectivity index (χ4n) is 8.05. The molecule has 0 aliphatic heterocycles. The summed E-state index contributed by atoms with van der Waals surface area (Å²) in [7, 11) is 0. The van der Waals surface area contributed by atoms with Crippen molar-refractivity contribution < 1.29 is 51.0 Å². The molecule has 45 heavy (non-hydrogen) atoms. The van der Waals surface area contributed by atoms with E-state index in [1.807, 2.05) is 0 Å². The maximum absolute atomic E-state index is 3.58. The minimum atomic E-state index is 0. The second kappa shape index (κ2) is 13.0. The minimum absolute atomic E-state index is 0. The van der Waals surface area contributed by atoms with Crippen LogP contribution in [-0.4, -0.2) is 9.13 Å². The van der Waals surface area contributed by atoms with Crippen molar-refractivity contribution in [2.45, 2.75) is 50.6 Å². The van der Waals surface area contributed by atoms with Gasteiger partial charge < -0.3 is 33.9 Å². The Bertz CT molecular complexity index is 1930. The summed E-state index contributed by atoms with van der Waals surface area (Å²) in [5.41, 5.74) is 14.3. The monoisotopic (exact) mass is 700 g/mol. The van der Waals surface area contributed by atoms with Crippen LogP contribution >= 0.6 is 0 Å². The van der Waals surface area contributed by atoms with Crippen molar-refractivity contribution in [3.05, 3.63) is 154 Å². The van der Waals surface area contributed by atoms with E-state index in [-0.39, 0.29) is 63.1 Å². The third kappa shape index (κ3) is 5.03. The molecule has 4 aliphatic rings. The number of hydrogen-bond donors (Lipinski definition) is 0. The van der Waals surface area contributed by atoms with Crippen LogP contribution in [0.2, 0.25) is 0 Å². The average Bonchev–Trinajstić information content (AvgIpc) is 3.87. The molecule has 0 spiro atoms. The molecule has 0 amide bonds. The minimum Gasteiger partial charge on any atom is -1.00 e. The molecule has 220 valence electrons. The third-order valence-electron chi connectivity index (χ3n) is 9.83. The quantitative estimate of drug-likeness (QED) is 0.246. The summed E-state index contributed by atoms with van der Waals surface area (Å²) in [4.78, 5) is 0. The third-order valence-corrected chi connectivity index (χ3v) is 9.83. The molecule has 0 N–H and O–H groups in total. The smallest absolute Gasteiger partial charge is 1.00 e. The van der Waals surface area contributed by atoms with E-state index < -0.39 is 0 Å². The van der Waals surface area contributed by atoms with Crippen LogP contribution in [0.25, 0.3) is 34.0 Å². The van der Waals surface area contributed by atoms with Gasteiger partial charge in [0.2, 0.25) is 0 Å². The summed E-state index contributed by atoms with van der Waals surface area (Å²) in [6.07, 6.45) is 18.9. The van der Waals surface area contributed by atoms with Gasteiger partial charge in [0.15, 0.2) is 0 Å². The van der Waals surface area contributed by atoms with E-state index in [2.05, 4.69) is 131 Å². The first-order valence-corrected chi connectivity index (χ1v) is 15.4. The Morgan fingerprint density at radius 1 is 0.489 bits per heavy atom. The molecule has 10 rings (SSSR count). The second-order valence-electron chi connectivity index (χ2n) is 12.0. The molecule has 0 radical (unpaired) electrons. The Hall–Kier alpha value is -3.10. The van der Waals surface area contributed by atoms with Crippen molar-refractivity contribution in [3.8, 4) is 0 Å². The Morgan fingerprint density at radius 3 is 1.36 bits per heavy atom. The van der Waals surface area contributed by atoms with Gasteiger partial charge in [-0.25, -0.2) is 24.3 Å². The van der Waals surface area contributed by atoms with Gasteiger partial charge in [-0.15, -0.1) is 23.3 Å². The van der Waals surface area contributed by atoms with E-state index in [1.165, 1.54) is 94.0 Å². The maximum Gasteiger partial charge on any atom is 4.00 e. The molecule has 2 atom stereocenters. The van der Waals surface area contributed by atoms with Gasteiger partial charge >= 0.3 is 26.2 Å². The molecule has 0 fully saturated rings. The topological polar surface area (TPSA) is 9.86 Å². The molecule has 4 aliphatic carbocycles. The van der Waals surface area contributed by atoms with E-state index in [1.54, 1.807) is 11.1 Å². The number of nitrogens with zero attached hydrogens (tertiary/aromatic N) is 2. The van der Waals surface area contributed by atoms with Crippen LogP contribution in [0.4, 0.5) is 0 Å². The Morgan fingerprint density at radius 2 is 0.889 bits per heavy atom. The predicted octanol–water partition coefficient (Wildman–Crippen LogP) is 3.10. The fraction of sp³-hybridized carbons (Fsp3) is 0.200. The van der Waals surface area contributed by atoms with Crippen molar-refractivity contribution in [1.82, 2.24) is 9.13 Å². The van der Waals surface area contributed by atoms with Crippen molar-refractivity contribution in [1.29, 1.82) is 0 Å². The van der Waals surface area contributed by atoms with Crippen molar-refractivity contribution >= 4 is 34.0 Å². The van der Waals surface area contributed by atoms with Gasteiger partial charge in [-0.05, 0) is 73.9 Å². The summed E-state index contributed by atoms with van der Waals surface area (Å²) in [5, 5.41) is 2.88. The van der Waals surface area contributed by atoms with Gasteiger partial charge in [0.05, 0.1) is 0 Å². The zero-order valence-electron chi connectivity index (χ0n) is 24.9. The van der Waals surface area contributed by atoms with Crippen LogP contribution < -0.4 is 24.8 Å². The number of allylic oxidation sites excluding steroid dienone is 2. The van der Waals surface area contributed by atoms with Crippen molar-refractivity contribution in [2.24, 2.45) is 0 Å². The van der Waals surface area contributed by atoms with Crippen LogP contribution in [0.3, 0.4) is 0 Å². The number of fused-ring (bicyclic) bond motifs is 8. The Balaban J connectivity index is 0.000000149. The van der Waals surface area contributed by atoms with E-state index in [0.717, 1.165) is 0 Å². The number of para-hydroxylation sites is 2. The summed E-state index contributed by atoms with van der Waals surface area (Å²) < 4.78 is 5.06. The zero-order chi connectivity index (χ0) is 27.6. The standard InChI is InChI=1S/2C20H16N.2ClH.Zr/c2*1-2-7-15-14(6-1)12-13-20(15)21-18-10-4-3-8-16(18)17-9-5-11-19(17)21;;;/h2*1-4,6-8,10,12,20H,5,9,11H2;2*1H;/q2*-1;;;+4/p-2. The largest absolute Gasteiger partial charge is 4.00 e. The number of benzene rings is 4. The number of hydrogen-bond acceptors (Lipinski definition) is 0. The van der Waals surface area contributed by atoms with Crippen LogP contribution in [0.1, 0.15) is 69.7 Å². The number of rotatable bonds is 2. The van der Waals surface area contributed by atoms with Gasteiger partial charge in [0.25, 0.3) is 0 Å². The molecule has 6 aromatic rings. The molecule has 2 heterocycles. The van der Waals surface area contributed by atoms with Gasteiger partial charge in [0.1, 0.15) is 0 Å². The molecule has 0 bridgehead atoms. The molecule has 2 aromatic heterocycles. The summed E-state index contributed by atoms with van der Waals surface area (Å²) >= 11 is 0. The summed E-state index contributed by atoms with van der Waals surface area (Å²) in [6.45, 7) is 0. The van der Waals surface area contributed by atoms with Crippen LogP contribution in [0.5, 0.6) is 0 Å². The molecule has 0 saturated heterocycles. The summed E-state index contributed by atoms with van der Waals surface area (Å²) in [5.74, 6) is 0. The predicted molar refractivity (Wildman–Crippen MR) is 173 cm³/mol. The van der Waals surface area contributed by atoms with Crippen LogP contribution in [0.15, 0.2) is 97.1 Å². The van der Waals surface area contributed by atoms with Crippen molar-refractivity contribution in [3.63, 3.8) is 0 Å². The van der Waals surface area contributed by atoms with E-state index in [0.29, 0.717) is 0 Å². The van der Waals surface area contributed by atoms with Gasteiger partial charge in [-0.3, -0.25) is 0 Å². The Kier molecular flexibility index (Phi) is 9.17. The first-order chi connectivity index (χ1) is 20.9. The Labute approximate surface area is 296 Å². The summed E-state index contributed by atoms with van der Waals surface area (Å²) in [6, 6.07) is 35.5. The normalized spacial score (nSPS) is 17.9. The average molecular weight is 703 g/mol. The van der Waals surface area contributed by atoms with E-state index >= 15 is 0 Å². The van der Waals surface area contributed by atoms with E-state index in [9.17, 15) is 0 Å². The van der Waals surface area contributed by atoms with E-state index in [4.69, 9.17) is 0 Å². The first kappa shape index (κ1) is 31.9. The molecular weight excluding hydrogens is 671 g/mol. The van der Waals surface area contributed by atoms with Gasteiger partial charge in [-0.1, -0.05) is 72.8 Å². The fourth-order valence-corrected chi connectivity index (χ4v) is 8.05. The van der Waals surface area contributed by atoms with Crippen LogP contribution in [-0.2, 0) is 51.9 Å². The molecule has 4 aromatic carbocycles. The molecule has 5 heteroatoms. The molecular formula is C40H32Cl2N2Zr. The molecule has 2 nitrogen and oxygen atoms in total. The van der Waals surface area contributed by atoms with Gasteiger partial charge in [0, 0.05) is 33.2 Å². The maximum atomic E-state index is 3.58.